The van der Waals surface area contributed by atoms with Gasteiger partial charge >= 0.3 is 0 Å². The second kappa shape index (κ2) is 7.32. The van der Waals surface area contributed by atoms with Crippen molar-refractivity contribution in [2.45, 2.75) is 26.9 Å². The second-order valence-electron chi connectivity index (χ2n) is 3.30. The fraction of sp³-hybridized carbons (Fsp3) is 0.364. The van der Waals surface area contributed by atoms with Crippen LogP contribution in [-0.2, 0) is 4.79 Å². The number of hydrogen-bond acceptors (Lipinski definition) is 3. The molecule has 0 unspecified atom stereocenters. The van der Waals surface area contributed by atoms with Gasteiger partial charge in [-0.2, -0.15) is 0 Å². The van der Waals surface area contributed by atoms with Crippen molar-refractivity contribution in [3.8, 4) is 11.5 Å². The third-order valence-corrected chi connectivity index (χ3v) is 1.95. The van der Waals surface area contributed by atoms with Gasteiger partial charge in [-0.3, -0.25) is 4.79 Å². The monoisotopic (exact) mass is 338 g/mol. The first-order valence-corrected chi connectivity index (χ1v) is 5.75. The van der Waals surface area contributed by atoms with E-state index < -0.39 is 5.97 Å². The Labute approximate surface area is 108 Å². The van der Waals surface area contributed by atoms with Gasteiger partial charge in [0.25, 0.3) is 5.97 Å². The summed E-state index contributed by atoms with van der Waals surface area (Å²) in [4.78, 5) is 9.00. The summed E-state index contributed by atoms with van der Waals surface area (Å²) in [7, 11) is 0. The number of aliphatic carboxylic acids is 1. The molecule has 0 radical (unpaired) electrons. The van der Waals surface area contributed by atoms with Crippen molar-refractivity contribution in [3.63, 3.8) is 0 Å². The van der Waals surface area contributed by atoms with Gasteiger partial charge in [-0.05, 0) is 54.6 Å². The van der Waals surface area contributed by atoms with Gasteiger partial charge in [0.1, 0.15) is 0 Å². The van der Waals surface area contributed by atoms with E-state index >= 15 is 0 Å². The van der Waals surface area contributed by atoms with Crippen LogP contribution < -0.4 is 4.74 Å². The summed E-state index contributed by atoms with van der Waals surface area (Å²) in [6.45, 7) is 4.94. The first-order chi connectivity index (χ1) is 7.32. The van der Waals surface area contributed by atoms with E-state index in [4.69, 9.17) is 14.6 Å². The second-order valence-corrected chi connectivity index (χ2v) is 4.54. The maximum Gasteiger partial charge on any atom is 0.300 e. The first kappa shape index (κ1) is 15.0. The van der Waals surface area contributed by atoms with Gasteiger partial charge in [-0.25, -0.2) is 0 Å². The van der Waals surface area contributed by atoms with Gasteiger partial charge < -0.3 is 14.9 Å². The fourth-order valence-corrected chi connectivity index (χ4v) is 1.32. The molecule has 0 spiro atoms. The Kier molecular flexibility index (Phi) is 6.87. The maximum atomic E-state index is 9.41. The first-order valence-electron chi connectivity index (χ1n) is 4.67. The summed E-state index contributed by atoms with van der Waals surface area (Å²) < 4.78 is 6.35. The normalized spacial score (nSPS) is 9.31. The minimum Gasteiger partial charge on any atom is -0.504 e. The van der Waals surface area contributed by atoms with Crippen LogP contribution in [0.2, 0.25) is 0 Å². The van der Waals surface area contributed by atoms with E-state index in [0.29, 0.717) is 5.75 Å². The summed E-state index contributed by atoms with van der Waals surface area (Å²) >= 11 is 2.14. The van der Waals surface area contributed by atoms with Gasteiger partial charge in [0.15, 0.2) is 11.5 Å². The van der Waals surface area contributed by atoms with Crippen molar-refractivity contribution in [2.24, 2.45) is 0 Å². The van der Waals surface area contributed by atoms with Crippen LogP contribution in [0.15, 0.2) is 18.2 Å². The predicted molar refractivity (Wildman–Crippen MR) is 69.9 cm³/mol. The highest BCUT2D eigenvalue weighted by Crippen LogP contribution is 2.27. The maximum absolute atomic E-state index is 9.41. The number of halogens is 1. The zero-order valence-corrected chi connectivity index (χ0v) is 11.6. The lowest BCUT2D eigenvalue weighted by molar-refractivity contribution is -0.134. The minimum absolute atomic E-state index is 0.0935. The molecule has 1 aromatic rings. The molecule has 0 aliphatic rings. The molecule has 0 saturated carbocycles. The topological polar surface area (TPSA) is 66.8 Å². The number of benzene rings is 1. The number of carboxylic acids is 1. The van der Waals surface area contributed by atoms with E-state index in [1.807, 2.05) is 19.9 Å². The Morgan fingerprint density at radius 2 is 1.94 bits per heavy atom. The number of hydrogen-bond donors (Lipinski definition) is 2. The SMILES string of the molecule is CC(=O)O.CC(C)Oc1ccc(I)cc1O. The molecule has 1 aromatic carbocycles. The van der Waals surface area contributed by atoms with E-state index in [9.17, 15) is 5.11 Å². The highest BCUT2D eigenvalue weighted by molar-refractivity contribution is 14.1. The molecular weight excluding hydrogens is 323 g/mol. The van der Waals surface area contributed by atoms with Crippen molar-refractivity contribution in [2.75, 3.05) is 0 Å². The largest absolute Gasteiger partial charge is 0.504 e. The lowest BCUT2D eigenvalue weighted by Crippen LogP contribution is -2.05. The summed E-state index contributed by atoms with van der Waals surface area (Å²) in [6, 6.07) is 5.35. The van der Waals surface area contributed by atoms with E-state index in [1.54, 1.807) is 12.1 Å². The van der Waals surface area contributed by atoms with Crippen molar-refractivity contribution in [1.29, 1.82) is 0 Å². The molecular formula is C11H15IO4. The lowest BCUT2D eigenvalue weighted by Gasteiger charge is -2.10. The van der Waals surface area contributed by atoms with Crippen LogP contribution >= 0.6 is 22.6 Å². The average molecular weight is 338 g/mol. The van der Waals surface area contributed by atoms with Crippen LogP contribution in [0.5, 0.6) is 11.5 Å². The summed E-state index contributed by atoms with van der Waals surface area (Å²) in [5.74, 6) is -0.0824. The third-order valence-electron chi connectivity index (χ3n) is 1.28. The minimum atomic E-state index is -0.833. The standard InChI is InChI=1S/C9H11IO2.C2H4O2/c1-6(2)12-9-4-3-7(10)5-8(9)11;1-2(3)4/h3-6,11H,1-2H3;1H3,(H,3,4). The highest BCUT2D eigenvalue weighted by Gasteiger charge is 2.03. The zero-order valence-electron chi connectivity index (χ0n) is 9.40. The van der Waals surface area contributed by atoms with Crippen molar-refractivity contribution in [1.82, 2.24) is 0 Å². The molecule has 0 bridgehead atoms. The number of carboxylic acid groups (broad SMARTS) is 1. The van der Waals surface area contributed by atoms with Crippen LogP contribution in [0.4, 0.5) is 0 Å². The molecule has 0 aliphatic heterocycles. The van der Waals surface area contributed by atoms with Crippen LogP contribution in [0, 0.1) is 3.57 Å². The van der Waals surface area contributed by atoms with Crippen LogP contribution in [0.3, 0.4) is 0 Å². The predicted octanol–water partition coefficient (Wildman–Crippen LogP) is 2.87. The van der Waals surface area contributed by atoms with Gasteiger partial charge in [0.05, 0.1) is 6.10 Å². The highest BCUT2D eigenvalue weighted by atomic mass is 127. The van der Waals surface area contributed by atoms with Crippen molar-refractivity contribution in [3.05, 3.63) is 21.8 Å². The van der Waals surface area contributed by atoms with E-state index in [2.05, 4.69) is 22.6 Å². The van der Waals surface area contributed by atoms with Crippen LogP contribution in [-0.4, -0.2) is 22.3 Å². The molecule has 1 rings (SSSR count). The van der Waals surface area contributed by atoms with Gasteiger partial charge in [0.2, 0.25) is 0 Å². The molecule has 0 fully saturated rings. The Hall–Kier alpha value is -0.980. The molecule has 0 heterocycles. The third kappa shape index (κ3) is 7.33. The Balaban J connectivity index is 0.000000487. The lowest BCUT2D eigenvalue weighted by atomic mass is 10.3. The van der Waals surface area contributed by atoms with Crippen molar-refractivity contribution >= 4 is 28.6 Å². The van der Waals surface area contributed by atoms with E-state index in [1.165, 1.54) is 0 Å². The number of aromatic hydroxyl groups is 1. The summed E-state index contributed by atoms with van der Waals surface area (Å²) in [5.41, 5.74) is 0. The Bertz CT molecular complexity index is 346. The van der Waals surface area contributed by atoms with E-state index in [-0.39, 0.29) is 11.9 Å². The number of ether oxygens (including phenoxy) is 1. The fourth-order valence-electron chi connectivity index (χ4n) is 0.844. The van der Waals surface area contributed by atoms with Crippen molar-refractivity contribution < 1.29 is 19.7 Å². The number of rotatable bonds is 2. The Morgan fingerprint density at radius 3 is 2.31 bits per heavy atom. The van der Waals surface area contributed by atoms with E-state index in [0.717, 1.165) is 10.5 Å². The number of phenolic OH excluding ortho intramolecular Hbond substituents is 1. The number of phenols is 1. The molecule has 5 heteroatoms. The summed E-state index contributed by atoms with van der Waals surface area (Å²) in [5, 5.41) is 16.8. The molecule has 0 atom stereocenters. The smallest absolute Gasteiger partial charge is 0.300 e. The molecule has 0 amide bonds. The van der Waals surface area contributed by atoms with Gasteiger partial charge in [-0.15, -0.1) is 0 Å². The number of carbonyl (C=O) groups is 1. The van der Waals surface area contributed by atoms with Gasteiger partial charge in [0, 0.05) is 10.5 Å². The quantitative estimate of drug-likeness (QED) is 0.814. The molecule has 16 heavy (non-hydrogen) atoms. The van der Waals surface area contributed by atoms with Crippen LogP contribution in [0.25, 0.3) is 0 Å². The average Bonchev–Trinajstić information content (AvgIpc) is 2.08. The molecule has 0 aliphatic carbocycles. The molecule has 90 valence electrons. The van der Waals surface area contributed by atoms with Crippen LogP contribution in [0.1, 0.15) is 20.8 Å². The zero-order chi connectivity index (χ0) is 12.7. The molecule has 0 aromatic heterocycles. The Morgan fingerprint density at radius 1 is 1.44 bits per heavy atom. The van der Waals surface area contributed by atoms with Gasteiger partial charge in [-0.1, -0.05) is 0 Å². The molecule has 2 N–H and O–H groups in total. The molecule has 4 nitrogen and oxygen atoms in total. The molecule has 0 saturated heterocycles. The summed E-state index contributed by atoms with van der Waals surface area (Å²) in [6.07, 6.45) is 0.0935.